The number of hydrogen-bond donors (Lipinski definition) is 0. The molecule has 1 aromatic rings. The molecular weight excluding hydrogens is 156 g/mol. The summed E-state index contributed by atoms with van der Waals surface area (Å²) in [5.74, 6) is 0.826. The maximum absolute atomic E-state index is 3.87. The molecule has 1 aromatic carbocycles. The largest absolute Gasteiger partial charge is 0.0628 e. The van der Waals surface area contributed by atoms with E-state index in [9.17, 15) is 0 Å². The van der Waals surface area contributed by atoms with Gasteiger partial charge in [0.1, 0.15) is 0 Å². The third kappa shape index (κ3) is 4.12. The van der Waals surface area contributed by atoms with E-state index < -0.39 is 0 Å². The summed E-state index contributed by atoms with van der Waals surface area (Å²) in [5.41, 5.74) is 2.54. The van der Waals surface area contributed by atoms with Gasteiger partial charge in [-0.1, -0.05) is 44.5 Å². The highest BCUT2D eigenvalue weighted by molar-refractivity contribution is 5.24. The molecule has 0 bridgehead atoms. The van der Waals surface area contributed by atoms with Gasteiger partial charge in [0.05, 0.1) is 0 Å². The summed E-state index contributed by atoms with van der Waals surface area (Å²) in [6.07, 6.45) is 3.83. The molecule has 1 rings (SSSR count). The van der Waals surface area contributed by atoms with Crippen LogP contribution in [0.4, 0.5) is 0 Å². The van der Waals surface area contributed by atoms with Gasteiger partial charge in [-0.15, -0.1) is 0 Å². The highest BCUT2D eigenvalue weighted by Gasteiger charge is 1.95. The molecule has 0 heterocycles. The predicted octanol–water partition coefficient (Wildman–Crippen LogP) is 3.85. The van der Waals surface area contributed by atoms with Gasteiger partial charge < -0.3 is 0 Å². The zero-order valence-corrected chi connectivity index (χ0v) is 8.72. The van der Waals surface area contributed by atoms with Gasteiger partial charge in [-0.2, -0.15) is 0 Å². The quantitative estimate of drug-likeness (QED) is 0.652. The monoisotopic (exact) mass is 175 g/mol. The van der Waals surface area contributed by atoms with Gasteiger partial charge in [-0.3, -0.25) is 0 Å². The van der Waals surface area contributed by atoms with E-state index in [0.29, 0.717) is 0 Å². The fraction of sp³-hybridized carbons (Fsp3) is 0.462. The van der Waals surface area contributed by atoms with Gasteiger partial charge in [-0.05, 0) is 36.8 Å². The van der Waals surface area contributed by atoms with E-state index in [1.165, 1.54) is 24.8 Å². The van der Waals surface area contributed by atoms with Crippen LogP contribution in [0.1, 0.15) is 37.8 Å². The molecule has 0 saturated carbocycles. The molecule has 0 aromatic heterocycles. The Balaban J connectivity index is 2.33. The van der Waals surface area contributed by atoms with Crippen LogP contribution in [-0.4, -0.2) is 0 Å². The Kier molecular flexibility index (Phi) is 4.01. The summed E-state index contributed by atoms with van der Waals surface area (Å²) in [6, 6.07) is 8.54. The van der Waals surface area contributed by atoms with Crippen molar-refractivity contribution < 1.29 is 0 Å². The molecule has 0 heteroatoms. The first-order valence-electron chi connectivity index (χ1n) is 5.09. The summed E-state index contributed by atoms with van der Waals surface area (Å²) in [7, 11) is 0. The number of aryl methyl sites for hydroxylation is 1. The predicted molar refractivity (Wildman–Crippen MR) is 58.7 cm³/mol. The molecule has 71 valence electrons. The zero-order valence-electron chi connectivity index (χ0n) is 8.72. The van der Waals surface area contributed by atoms with Gasteiger partial charge in [0.25, 0.3) is 0 Å². The van der Waals surface area contributed by atoms with Gasteiger partial charge in [0.15, 0.2) is 0 Å². The smallest absolute Gasteiger partial charge is 0.0238 e. The SMILES string of the molecule is [CH2]c1ccc(CCCC(C)C)cc1. The molecule has 0 fully saturated rings. The third-order valence-corrected chi connectivity index (χ3v) is 2.27. The summed E-state index contributed by atoms with van der Waals surface area (Å²) < 4.78 is 0. The van der Waals surface area contributed by atoms with Crippen LogP contribution in [0.3, 0.4) is 0 Å². The van der Waals surface area contributed by atoms with Crippen LogP contribution < -0.4 is 0 Å². The van der Waals surface area contributed by atoms with Crippen molar-refractivity contribution in [3.8, 4) is 0 Å². The molecular formula is C13H19. The second-order valence-electron chi connectivity index (χ2n) is 4.10. The molecule has 0 spiro atoms. The van der Waals surface area contributed by atoms with Crippen molar-refractivity contribution in [1.82, 2.24) is 0 Å². The standard InChI is InChI=1S/C13H19/c1-11(2)5-4-6-13-9-7-12(3)8-10-13/h7-11H,3-6H2,1-2H3. The van der Waals surface area contributed by atoms with Crippen LogP contribution in [0.5, 0.6) is 0 Å². The van der Waals surface area contributed by atoms with Crippen LogP contribution in [-0.2, 0) is 6.42 Å². The minimum atomic E-state index is 0.826. The second kappa shape index (κ2) is 5.06. The molecule has 0 atom stereocenters. The van der Waals surface area contributed by atoms with Gasteiger partial charge in [-0.25, -0.2) is 0 Å². The van der Waals surface area contributed by atoms with Crippen molar-refractivity contribution in [2.24, 2.45) is 5.92 Å². The lowest BCUT2D eigenvalue weighted by Crippen LogP contribution is -1.90. The molecule has 0 amide bonds. The van der Waals surface area contributed by atoms with E-state index in [-0.39, 0.29) is 0 Å². The van der Waals surface area contributed by atoms with Crippen LogP contribution >= 0.6 is 0 Å². The summed E-state index contributed by atoms with van der Waals surface area (Å²) >= 11 is 0. The first kappa shape index (κ1) is 10.3. The minimum absolute atomic E-state index is 0.826. The number of benzene rings is 1. The van der Waals surface area contributed by atoms with E-state index >= 15 is 0 Å². The Morgan fingerprint density at radius 2 is 1.77 bits per heavy atom. The molecule has 0 aliphatic rings. The average molecular weight is 175 g/mol. The third-order valence-electron chi connectivity index (χ3n) is 2.27. The van der Waals surface area contributed by atoms with E-state index in [0.717, 1.165) is 11.5 Å². The normalized spacial score (nSPS) is 10.8. The summed E-state index contributed by atoms with van der Waals surface area (Å²) in [5, 5.41) is 0. The Morgan fingerprint density at radius 3 is 2.31 bits per heavy atom. The second-order valence-corrected chi connectivity index (χ2v) is 4.10. The molecule has 0 saturated heterocycles. The Bertz CT molecular complexity index is 231. The van der Waals surface area contributed by atoms with Crippen molar-refractivity contribution in [1.29, 1.82) is 0 Å². The zero-order chi connectivity index (χ0) is 9.68. The molecule has 1 radical (unpaired) electrons. The van der Waals surface area contributed by atoms with E-state index in [1.807, 2.05) is 0 Å². The van der Waals surface area contributed by atoms with Crippen molar-refractivity contribution in [2.45, 2.75) is 33.1 Å². The Hall–Kier alpha value is -0.780. The van der Waals surface area contributed by atoms with Gasteiger partial charge in [0.2, 0.25) is 0 Å². The van der Waals surface area contributed by atoms with Crippen LogP contribution in [0, 0.1) is 12.8 Å². The molecule has 13 heavy (non-hydrogen) atoms. The first-order valence-corrected chi connectivity index (χ1v) is 5.09. The van der Waals surface area contributed by atoms with Crippen LogP contribution in [0.25, 0.3) is 0 Å². The van der Waals surface area contributed by atoms with Crippen molar-refractivity contribution >= 4 is 0 Å². The lowest BCUT2D eigenvalue weighted by molar-refractivity contribution is 0.556. The number of hydrogen-bond acceptors (Lipinski definition) is 0. The van der Waals surface area contributed by atoms with Crippen molar-refractivity contribution in [3.05, 3.63) is 42.3 Å². The van der Waals surface area contributed by atoms with Crippen molar-refractivity contribution in [2.75, 3.05) is 0 Å². The van der Waals surface area contributed by atoms with Gasteiger partial charge in [0, 0.05) is 0 Å². The molecule has 0 nitrogen and oxygen atoms in total. The fourth-order valence-corrected chi connectivity index (χ4v) is 1.42. The average Bonchev–Trinajstić information content (AvgIpc) is 2.08. The lowest BCUT2D eigenvalue weighted by atomic mass is 10.0. The molecule has 0 unspecified atom stereocenters. The molecule has 0 aliphatic carbocycles. The van der Waals surface area contributed by atoms with E-state index in [2.05, 4.69) is 45.0 Å². The van der Waals surface area contributed by atoms with Crippen LogP contribution in [0.15, 0.2) is 24.3 Å². The number of rotatable bonds is 4. The van der Waals surface area contributed by atoms with E-state index in [4.69, 9.17) is 0 Å². The summed E-state index contributed by atoms with van der Waals surface area (Å²) in [4.78, 5) is 0. The molecule has 0 aliphatic heterocycles. The van der Waals surface area contributed by atoms with Gasteiger partial charge >= 0.3 is 0 Å². The highest BCUT2D eigenvalue weighted by Crippen LogP contribution is 2.10. The lowest BCUT2D eigenvalue weighted by Gasteiger charge is -2.04. The Labute approximate surface area is 82.0 Å². The maximum Gasteiger partial charge on any atom is -0.0238 e. The van der Waals surface area contributed by atoms with Crippen molar-refractivity contribution in [3.63, 3.8) is 0 Å². The highest BCUT2D eigenvalue weighted by atomic mass is 14.0. The summed E-state index contributed by atoms with van der Waals surface area (Å²) in [6.45, 7) is 8.42. The maximum atomic E-state index is 3.87. The fourth-order valence-electron chi connectivity index (χ4n) is 1.42. The van der Waals surface area contributed by atoms with Crippen LogP contribution in [0.2, 0.25) is 0 Å². The molecule has 0 N–H and O–H groups in total. The Morgan fingerprint density at radius 1 is 1.15 bits per heavy atom. The first-order chi connectivity index (χ1) is 6.18. The minimum Gasteiger partial charge on any atom is -0.0628 e. The van der Waals surface area contributed by atoms with E-state index in [1.54, 1.807) is 0 Å². The topological polar surface area (TPSA) is 0 Å².